The van der Waals surface area contributed by atoms with Gasteiger partial charge in [0, 0.05) is 18.5 Å². The van der Waals surface area contributed by atoms with E-state index in [1.807, 2.05) is 6.07 Å². The van der Waals surface area contributed by atoms with Gasteiger partial charge in [-0.1, -0.05) is 12.5 Å². The van der Waals surface area contributed by atoms with Crippen molar-refractivity contribution in [3.05, 3.63) is 23.8 Å². The molecule has 0 radical (unpaired) electrons. The van der Waals surface area contributed by atoms with Crippen LogP contribution in [0.2, 0.25) is 0 Å². The number of benzene rings is 1. The average Bonchev–Trinajstić information content (AvgIpc) is 2.76. The Morgan fingerprint density at radius 2 is 1.90 bits per heavy atom. The maximum Gasteiger partial charge on any atom is 0.161 e. The van der Waals surface area contributed by atoms with Crippen molar-refractivity contribution in [2.45, 2.75) is 37.8 Å². The predicted octanol–water partition coefficient (Wildman–Crippen LogP) is 2.33. The molecular weight excluding hydrogens is 252 g/mol. The van der Waals surface area contributed by atoms with E-state index in [9.17, 15) is 0 Å². The number of hydrogen-bond donors (Lipinski definition) is 1. The molecule has 2 aliphatic rings. The summed E-state index contributed by atoms with van der Waals surface area (Å²) in [6, 6.07) is 6.75. The molecule has 0 aromatic heterocycles. The van der Waals surface area contributed by atoms with Gasteiger partial charge in [-0.2, -0.15) is 0 Å². The number of nitrogens with two attached hydrogens (primary N) is 1. The third-order valence-electron chi connectivity index (χ3n) is 4.29. The summed E-state index contributed by atoms with van der Waals surface area (Å²) < 4.78 is 11.5. The van der Waals surface area contributed by atoms with Crippen molar-refractivity contribution in [1.29, 1.82) is 0 Å². The van der Waals surface area contributed by atoms with Gasteiger partial charge >= 0.3 is 0 Å². The highest BCUT2D eigenvalue weighted by Gasteiger charge is 2.27. The molecule has 110 valence electrons. The van der Waals surface area contributed by atoms with Gasteiger partial charge in [-0.3, -0.25) is 4.90 Å². The minimum atomic E-state index is 0.187. The van der Waals surface area contributed by atoms with Crippen molar-refractivity contribution in [2.24, 2.45) is 5.73 Å². The molecule has 1 aromatic rings. The molecule has 3 rings (SSSR count). The van der Waals surface area contributed by atoms with Gasteiger partial charge < -0.3 is 15.2 Å². The second-order valence-corrected chi connectivity index (χ2v) is 5.84. The molecule has 0 aliphatic carbocycles. The zero-order valence-electron chi connectivity index (χ0n) is 12.2. The normalized spacial score (nSPS) is 27.7. The number of nitrogens with zero attached hydrogens (tertiary/aromatic N) is 1. The van der Waals surface area contributed by atoms with Gasteiger partial charge in [0.15, 0.2) is 11.5 Å². The molecule has 1 saturated heterocycles. The molecule has 4 nitrogen and oxygen atoms in total. The Bertz CT molecular complexity index is 452. The van der Waals surface area contributed by atoms with Gasteiger partial charge in [-0.05, 0) is 44.1 Å². The highest BCUT2D eigenvalue weighted by Crippen LogP contribution is 2.35. The highest BCUT2D eigenvalue weighted by molar-refractivity contribution is 5.44. The maximum atomic E-state index is 6.39. The summed E-state index contributed by atoms with van der Waals surface area (Å²) in [5.74, 6) is 1.72. The molecule has 0 amide bonds. The van der Waals surface area contributed by atoms with Crippen LogP contribution >= 0.6 is 0 Å². The van der Waals surface area contributed by atoms with Crippen molar-refractivity contribution in [1.82, 2.24) is 4.90 Å². The molecule has 0 saturated carbocycles. The van der Waals surface area contributed by atoms with Gasteiger partial charge in [0.25, 0.3) is 0 Å². The first-order valence-corrected chi connectivity index (χ1v) is 7.61. The Morgan fingerprint density at radius 3 is 2.75 bits per heavy atom. The first kappa shape index (κ1) is 13.7. The van der Waals surface area contributed by atoms with E-state index in [-0.39, 0.29) is 12.1 Å². The van der Waals surface area contributed by atoms with Crippen molar-refractivity contribution in [2.75, 3.05) is 26.8 Å². The second kappa shape index (κ2) is 6.02. The number of fused-ring (bicyclic) bond motifs is 1. The molecule has 1 fully saturated rings. The third-order valence-corrected chi connectivity index (χ3v) is 4.29. The van der Waals surface area contributed by atoms with E-state index in [2.05, 4.69) is 24.1 Å². The van der Waals surface area contributed by atoms with Crippen LogP contribution in [0.15, 0.2) is 18.2 Å². The van der Waals surface area contributed by atoms with Crippen LogP contribution < -0.4 is 15.2 Å². The molecule has 2 aliphatic heterocycles. The number of likely N-dealkylation sites (N-methyl/N-ethyl adjacent to an activating group) is 1. The quantitative estimate of drug-likeness (QED) is 0.855. The average molecular weight is 276 g/mol. The fourth-order valence-corrected chi connectivity index (χ4v) is 3.23. The van der Waals surface area contributed by atoms with Gasteiger partial charge in [0.2, 0.25) is 0 Å². The molecule has 2 heterocycles. The van der Waals surface area contributed by atoms with Gasteiger partial charge in [0.05, 0.1) is 13.2 Å². The standard InChI is InChI=1S/C16H24N2O2/c1-18-8-3-2-5-13(17)16(18)12-6-7-14-15(11-12)20-10-4-9-19-14/h6-7,11,13,16H,2-5,8-10,17H2,1H3. The minimum Gasteiger partial charge on any atom is -0.490 e. The van der Waals surface area contributed by atoms with E-state index in [4.69, 9.17) is 15.2 Å². The molecule has 2 atom stereocenters. The Kier molecular flexibility index (Phi) is 4.13. The fraction of sp³-hybridized carbons (Fsp3) is 0.625. The third kappa shape index (κ3) is 2.76. The number of hydrogen-bond acceptors (Lipinski definition) is 4. The van der Waals surface area contributed by atoms with Crippen molar-refractivity contribution in [3.63, 3.8) is 0 Å². The van der Waals surface area contributed by atoms with Crippen LogP contribution in [-0.4, -0.2) is 37.7 Å². The number of rotatable bonds is 1. The van der Waals surface area contributed by atoms with Crippen LogP contribution in [0.1, 0.15) is 37.3 Å². The number of likely N-dealkylation sites (tertiary alicyclic amines) is 1. The lowest BCUT2D eigenvalue weighted by atomic mass is 9.96. The largest absolute Gasteiger partial charge is 0.490 e. The van der Waals surface area contributed by atoms with E-state index < -0.39 is 0 Å². The lowest BCUT2D eigenvalue weighted by Crippen LogP contribution is -2.37. The highest BCUT2D eigenvalue weighted by atomic mass is 16.5. The van der Waals surface area contributed by atoms with Gasteiger partial charge in [-0.25, -0.2) is 0 Å². The van der Waals surface area contributed by atoms with Crippen LogP contribution in [0, 0.1) is 0 Å². The lowest BCUT2D eigenvalue weighted by molar-refractivity contribution is 0.229. The summed E-state index contributed by atoms with van der Waals surface area (Å²) in [7, 11) is 2.17. The molecule has 0 bridgehead atoms. The molecule has 1 aromatic carbocycles. The second-order valence-electron chi connectivity index (χ2n) is 5.84. The molecule has 2 unspecified atom stereocenters. The van der Waals surface area contributed by atoms with Gasteiger partial charge in [-0.15, -0.1) is 0 Å². The van der Waals surface area contributed by atoms with Crippen molar-refractivity contribution < 1.29 is 9.47 Å². The Balaban J connectivity index is 1.90. The van der Waals surface area contributed by atoms with Crippen molar-refractivity contribution >= 4 is 0 Å². The monoisotopic (exact) mass is 276 g/mol. The predicted molar refractivity (Wildman–Crippen MR) is 79.2 cm³/mol. The molecule has 20 heavy (non-hydrogen) atoms. The van der Waals surface area contributed by atoms with E-state index in [0.717, 1.165) is 44.1 Å². The number of ether oxygens (including phenoxy) is 2. The smallest absolute Gasteiger partial charge is 0.161 e. The van der Waals surface area contributed by atoms with E-state index >= 15 is 0 Å². The summed E-state index contributed by atoms with van der Waals surface area (Å²) in [5.41, 5.74) is 7.64. The lowest BCUT2D eigenvalue weighted by Gasteiger charge is -2.31. The zero-order valence-corrected chi connectivity index (χ0v) is 12.2. The van der Waals surface area contributed by atoms with Crippen LogP contribution in [0.5, 0.6) is 11.5 Å². The summed E-state index contributed by atoms with van der Waals surface area (Å²) in [4.78, 5) is 2.37. The fourth-order valence-electron chi connectivity index (χ4n) is 3.23. The van der Waals surface area contributed by atoms with E-state index in [1.54, 1.807) is 0 Å². The first-order chi connectivity index (χ1) is 9.75. The van der Waals surface area contributed by atoms with Crippen LogP contribution in [-0.2, 0) is 0 Å². The first-order valence-electron chi connectivity index (χ1n) is 7.61. The summed E-state index contributed by atoms with van der Waals surface area (Å²) in [5, 5.41) is 0. The Morgan fingerprint density at radius 1 is 1.10 bits per heavy atom. The molecular formula is C16H24N2O2. The Labute approximate surface area is 120 Å². The SMILES string of the molecule is CN1CCCCC(N)C1c1ccc2c(c1)OCCCO2. The minimum absolute atomic E-state index is 0.187. The summed E-state index contributed by atoms with van der Waals surface area (Å²) in [6.07, 6.45) is 4.47. The van der Waals surface area contributed by atoms with Crippen LogP contribution in [0.25, 0.3) is 0 Å². The van der Waals surface area contributed by atoms with E-state index in [1.165, 1.54) is 18.4 Å². The zero-order chi connectivity index (χ0) is 13.9. The summed E-state index contributed by atoms with van der Waals surface area (Å²) >= 11 is 0. The van der Waals surface area contributed by atoms with Crippen LogP contribution in [0.4, 0.5) is 0 Å². The molecule has 4 heteroatoms. The maximum absolute atomic E-state index is 6.39. The van der Waals surface area contributed by atoms with E-state index in [0.29, 0.717) is 0 Å². The molecule has 0 spiro atoms. The Hall–Kier alpha value is -1.26. The molecule has 2 N–H and O–H groups in total. The van der Waals surface area contributed by atoms with Gasteiger partial charge in [0.1, 0.15) is 0 Å². The van der Waals surface area contributed by atoms with Crippen LogP contribution in [0.3, 0.4) is 0 Å². The van der Waals surface area contributed by atoms with Crippen molar-refractivity contribution in [3.8, 4) is 11.5 Å². The topological polar surface area (TPSA) is 47.7 Å². The summed E-state index contributed by atoms with van der Waals surface area (Å²) in [6.45, 7) is 2.56.